The van der Waals surface area contributed by atoms with Crippen LogP contribution in [0.15, 0.2) is 57.2 Å². The van der Waals surface area contributed by atoms with Crippen molar-refractivity contribution in [2.45, 2.75) is 35.4 Å². The summed E-state index contributed by atoms with van der Waals surface area (Å²) in [6.45, 7) is 4.41. The smallest absolute Gasteiger partial charge is 0.279 e. The van der Waals surface area contributed by atoms with Gasteiger partial charge in [-0.15, -0.1) is 18.2 Å². The van der Waals surface area contributed by atoms with Gasteiger partial charge in [-0.2, -0.15) is 4.99 Å². The number of primary sulfonamides is 1. The van der Waals surface area contributed by atoms with Crippen LogP contribution in [0, 0.1) is 12.3 Å². The summed E-state index contributed by atoms with van der Waals surface area (Å²) in [5.74, 6) is 2.15. The second-order valence-corrected chi connectivity index (χ2v) is 10.7. The van der Waals surface area contributed by atoms with E-state index in [0.717, 1.165) is 4.90 Å². The zero-order chi connectivity index (χ0) is 21.2. The molecule has 0 saturated heterocycles. The van der Waals surface area contributed by atoms with E-state index in [0.29, 0.717) is 25.8 Å². The maximum Gasteiger partial charge on any atom is 0.279 e. The van der Waals surface area contributed by atoms with Gasteiger partial charge in [0.1, 0.15) is 0 Å². The summed E-state index contributed by atoms with van der Waals surface area (Å²) in [6, 6.07) is 11.8. The van der Waals surface area contributed by atoms with Crippen molar-refractivity contribution < 1.29 is 13.2 Å². The summed E-state index contributed by atoms with van der Waals surface area (Å²) in [7, 11) is -3.83. The molecule has 3 aromatic rings. The molecule has 1 aromatic heterocycles. The van der Waals surface area contributed by atoms with Crippen LogP contribution in [-0.2, 0) is 16.6 Å². The first-order chi connectivity index (χ1) is 13.7. The summed E-state index contributed by atoms with van der Waals surface area (Å²) in [5, 5.41) is 5.66. The van der Waals surface area contributed by atoms with Gasteiger partial charge in [-0.05, 0) is 42.5 Å². The normalized spacial score (nSPS) is 12.4. The molecule has 0 radical (unpaired) electrons. The van der Waals surface area contributed by atoms with Gasteiger partial charge in [-0.1, -0.05) is 31.1 Å². The molecule has 0 aliphatic rings. The number of benzene rings is 2. The molecule has 1 amide bonds. The van der Waals surface area contributed by atoms with E-state index in [2.05, 4.69) is 24.8 Å². The molecule has 0 spiro atoms. The number of nitrogens with zero attached hydrogens (tertiary/aromatic N) is 2. The lowest BCUT2D eigenvalue weighted by atomic mass is 10.2. The third-order valence-electron chi connectivity index (χ3n) is 3.90. The van der Waals surface area contributed by atoms with Crippen LogP contribution in [0.3, 0.4) is 0 Å². The predicted octanol–water partition coefficient (Wildman–Crippen LogP) is 3.23. The molecule has 29 heavy (non-hydrogen) atoms. The highest BCUT2D eigenvalue weighted by molar-refractivity contribution is 7.99. The molecule has 9 heteroatoms. The SMILES string of the molecule is C#CCn1c(=NC(=O)c2ccc(SC(C)C)cc2)sc2cc(S(N)(=O)=O)ccc21. The zero-order valence-corrected chi connectivity index (χ0v) is 18.3. The number of rotatable bonds is 5. The molecule has 0 saturated carbocycles. The fourth-order valence-electron chi connectivity index (χ4n) is 2.66. The Bertz CT molecular complexity index is 1280. The minimum absolute atomic E-state index is 0.00442. The molecule has 0 aliphatic carbocycles. The van der Waals surface area contributed by atoms with Crippen molar-refractivity contribution in [2.24, 2.45) is 10.1 Å². The van der Waals surface area contributed by atoms with Gasteiger partial charge < -0.3 is 4.57 Å². The second kappa shape index (κ2) is 8.55. The highest BCUT2D eigenvalue weighted by atomic mass is 32.2. The van der Waals surface area contributed by atoms with Crippen LogP contribution in [0.4, 0.5) is 0 Å². The number of nitrogens with two attached hydrogens (primary N) is 1. The van der Waals surface area contributed by atoms with Gasteiger partial charge in [-0.3, -0.25) is 4.79 Å². The number of sulfonamides is 1. The number of aromatic nitrogens is 1. The van der Waals surface area contributed by atoms with Crippen LogP contribution >= 0.6 is 23.1 Å². The van der Waals surface area contributed by atoms with Crippen LogP contribution in [0.2, 0.25) is 0 Å². The first-order valence-electron chi connectivity index (χ1n) is 8.64. The molecular formula is C20H19N3O3S3. The number of fused-ring (bicyclic) bond motifs is 1. The van der Waals surface area contributed by atoms with Crippen LogP contribution in [0.1, 0.15) is 24.2 Å². The summed E-state index contributed by atoms with van der Waals surface area (Å²) in [5.41, 5.74) is 1.16. The monoisotopic (exact) mass is 445 g/mol. The third kappa shape index (κ3) is 4.97. The molecule has 0 aliphatic heterocycles. The quantitative estimate of drug-likeness (QED) is 0.482. The van der Waals surface area contributed by atoms with E-state index in [-0.39, 0.29) is 11.4 Å². The first kappa shape index (κ1) is 21.3. The maximum absolute atomic E-state index is 12.7. The number of hydrogen-bond donors (Lipinski definition) is 1. The largest absolute Gasteiger partial charge is 0.305 e. The number of hydrogen-bond acceptors (Lipinski definition) is 5. The van der Waals surface area contributed by atoms with E-state index in [1.54, 1.807) is 34.5 Å². The topological polar surface area (TPSA) is 94.5 Å². The predicted molar refractivity (Wildman–Crippen MR) is 117 cm³/mol. The van der Waals surface area contributed by atoms with Crippen LogP contribution in [0.5, 0.6) is 0 Å². The lowest BCUT2D eigenvalue weighted by Gasteiger charge is -2.04. The summed E-state index contributed by atoms with van der Waals surface area (Å²) in [6.07, 6.45) is 5.47. The maximum atomic E-state index is 12.7. The van der Waals surface area contributed by atoms with Gasteiger partial charge in [0.05, 0.1) is 21.7 Å². The van der Waals surface area contributed by atoms with Crippen LogP contribution in [-0.4, -0.2) is 24.1 Å². The van der Waals surface area contributed by atoms with Gasteiger partial charge in [0.15, 0.2) is 4.80 Å². The minimum atomic E-state index is -3.83. The molecule has 0 fully saturated rings. The van der Waals surface area contributed by atoms with E-state index in [1.165, 1.54) is 23.5 Å². The van der Waals surface area contributed by atoms with E-state index < -0.39 is 15.9 Å². The first-order valence-corrected chi connectivity index (χ1v) is 11.9. The molecule has 0 unspecified atom stereocenters. The zero-order valence-electron chi connectivity index (χ0n) is 15.8. The van der Waals surface area contributed by atoms with Crippen molar-refractivity contribution in [3.05, 3.63) is 52.8 Å². The highest BCUT2D eigenvalue weighted by Gasteiger charge is 2.13. The molecule has 0 bridgehead atoms. The van der Waals surface area contributed by atoms with Crippen molar-refractivity contribution in [3.63, 3.8) is 0 Å². The van der Waals surface area contributed by atoms with E-state index in [4.69, 9.17) is 11.6 Å². The average Bonchev–Trinajstić information content (AvgIpc) is 2.98. The number of carbonyl (C=O) groups is 1. The van der Waals surface area contributed by atoms with Gasteiger partial charge in [0, 0.05) is 15.7 Å². The molecule has 6 nitrogen and oxygen atoms in total. The number of terminal acetylenes is 1. The van der Waals surface area contributed by atoms with Crippen molar-refractivity contribution in [1.29, 1.82) is 0 Å². The molecule has 0 atom stereocenters. The van der Waals surface area contributed by atoms with E-state index >= 15 is 0 Å². The number of thioether (sulfide) groups is 1. The Balaban J connectivity index is 2.05. The van der Waals surface area contributed by atoms with Crippen molar-refractivity contribution in [3.8, 4) is 12.3 Å². The molecule has 1 heterocycles. The van der Waals surface area contributed by atoms with Crippen molar-refractivity contribution in [2.75, 3.05) is 0 Å². The van der Waals surface area contributed by atoms with E-state index in [1.807, 2.05) is 12.1 Å². The Kier molecular flexibility index (Phi) is 6.29. The number of thiazole rings is 1. The Morgan fingerprint density at radius 2 is 1.97 bits per heavy atom. The lowest BCUT2D eigenvalue weighted by molar-refractivity contribution is 0.0998. The summed E-state index contributed by atoms with van der Waals surface area (Å²) < 4.78 is 25.6. The van der Waals surface area contributed by atoms with Gasteiger partial charge in [-0.25, -0.2) is 13.6 Å². The van der Waals surface area contributed by atoms with Crippen LogP contribution in [0.25, 0.3) is 10.2 Å². The Hall–Kier alpha value is -2.38. The second-order valence-electron chi connectivity index (χ2n) is 6.46. The molecule has 150 valence electrons. The Morgan fingerprint density at radius 1 is 1.28 bits per heavy atom. The Morgan fingerprint density at radius 3 is 2.55 bits per heavy atom. The van der Waals surface area contributed by atoms with Gasteiger partial charge in [0.25, 0.3) is 5.91 Å². The summed E-state index contributed by atoms with van der Waals surface area (Å²) >= 11 is 2.90. The summed E-state index contributed by atoms with van der Waals surface area (Å²) in [4.78, 5) is 18.4. The molecular weight excluding hydrogens is 426 g/mol. The van der Waals surface area contributed by atoms with Crippen molar-refractivity contribution in [1.82, 2.24) is 4.57 Å². The Labute approximate surface area is 177 Å². The number of carbonyl (C=O) groups excluding carboxylic acids is 1. The third-order valence-corrected chi connectivity index (χ3v) is 6.87. The minimum Gasteiger partial charge on any atom is -0.305 e. The fourth-order valence-corrected chi connectivity index (χ4v) is 5.18. The van der Waals surface area contributed by atoms with Crippen LogP contribution < -0.4 is 9.94 Å². The lowest BCUT2D eigenvalue weighted by Crippen LogP contribution is -2.16. The average molecular weight is 446 g/mol. The fraction of sp³-hybridized carbons (Fsp3) is 0.200. The standard InChI is InChI=1S/C20H19N3O3S3/c1-4-11-23-17-10-9-16(29(21,25)26)12-18(17)28-20(23)22-19(24)14-5-7-15(8-6-14)27-13(2)3/h1,5-10,12-13H,11H2,2-3H3,(H2,21,25,26). The van der Waals surface area contributed by atoms with Crippen molar-refractivity contribution >= 4 is 49.2 Å². The van der Waals surface area contributed by atoms with Gasteiger partial charge in [0.2, 0.25) is 10.0 Å². The van der Waals surface area contributed by atoms with Gasteiger partial charge >= 0.3 is 0 Å². The van der Waals surface area contributed by atoms with E-state index in [9.17, 15) is 13.2 Å². The highest BCUT2D eigenvalue weighted by Crippen LogP contribution is 2.24. The molecule has 3 rings (SSSR count). The number of amides is 1. The molecule has 2 N–H and O–H groups in total. The molecule has 2 aromatic carbocycles.